The van der Waals surface area contributed by atoms with E-state index in [9.17, 15) is 4.79 Å². The van der Waals surface area contributed by atoms with E-state index >= 15 is 0 Å². The van der Waals surface area contributed by atoms with Crippen molar-refractivity contribution in [1.29, 1.82) is 0 Å². The van der Waals surface area contributed by atoms with Crippen LogP contribution in [0.1, 0.15) is 5.56 Å². The van der Waals surface area contributed by atoms with Crippen molar-refractivity contribution in [2.45, 2.75) is 0 Å². The minimum absolute atomic E-state index is 0.279. The molecule has 0 aliphatic rings. The Bertz CT molecular complexity index is 434. The van der Waals surface area contributed by atoms with Gasteiger partial charge in [0.15, 0.2) is 0 Å². The molecule has 0 atom stereocenters. The number of carbonyl (C=O) groups excluding carboxylic acids is 1. The molecule has 4 nitrogen and oxygen atoms in total. The van der Waals surface area contributed by atoms with Gasteiger partial charge in [-0.05, 0) is 18.2 Å². The van der Waals surface area contributed by atoms with Gasteiger partial charge >= 0.3 is 6.03 Å². The largest absolute Gasteiger partial charge is 0.351 e. The average Bonchev–Trinajstić information content (AvgIpc) is 2.18. The number of carbonyl (C=O) groups is 1. The lowest BCUT2D eigenvalue weighted by molar-refractivity contribution is 0.259. The highest BCUT2D eigenvalue weighted by Crippen LogP contribution is 2.22. The van der Waals surface area contributed by atoms with E-state index in [0.29, 0.717) is 16.3 Å². The zero-order valence-corrected chi connectivity index (χ0v) is 8.64. The normalized spacial score (nSPS) is 8.93. The lowest BCUT2D eigenvalue weighted by atomic mass is 10.2. The van der Waals surface area contributed by atoms with Crippen LogP contribution in [0.2, 0.25) is 5.02 Å². The van der Waals surface area contributed by atoms with E-state index in [1.165, 1.54) is 0 Å². The van der Waals surface area contributed by atoms with Crippen molar-refractivity contribution in [1.82, 2.24) is 0 Å². The number of benzene rings is 1. The second-order valence-corrected chi connectivity index (χ2v) is 3.10. The molecule has 1 rings (SSSR count). The molecule has 0 spiro atoms. The molecule has 0 saturated heterocycles. The number of nitrogens with two attached hydrogens (primary N) is 2. The number of hydrogen-bond donors (Lipinski definition) is 3. The molecule has 5 N–H and O–H groups in total. The Labute approximate surface area is 92.6 Å². The minimum atomic E-state index is -0.666. The van der Waals surface area contributed by atoms with Gasteiger partial charge in [-0.2, -0.15) is 0 Å². The molecule has 5 heteroatoms. The van der Waals surface area contributed by atoms with Crippen LogP contribution >= 0.6 is 11.6 Å². The fourth-order valence-corrected chi connectivity index (χ4v) is 1.15. The predicted octanol–water partition coefficient (Wildman–Crippen LogP) is 1.14. The Morgan fingerprint density at radius 2 is 2.27 bits per heavy atom. The van der Waals surface area contributed by atoms with Crippen LogP contribution in [0.15, 0.2) is 18.2 Å². The summed E-state index contributed by atoms with van der Waals surface area (Å²) in [5, 5.41) is 2.81. The highest BCUT2D eigenvalue weighted by Gasteiger charge is 2.02. The smallest absolute Gasteiger partial charge is 0.316 e. The molecule has 78 valence electrons. The molecular weight excluding hydrogens is 214 g/mol. The molecule has 0 bridgehead atoms. The first-order chi connectivity index (χ1) is 7.13. The Morgan fingerprint density at radius 1 is 1.53 bits per heavy atom. The van der Waals surface area contributed by atoms with Crippen molar-refractivity contribution in [2.75, 3.05) is 11.9 Å². The number of urea groups is 1. The first-order valence-electron chi connectivity index (χ1n) is 4.18. The van der Waals surface area contributed by atoms with Crippen LogP contribution in [0, 0.1) is 11.8 Å². The first kappa shape index (κ1) is 11.4. The quantitative estimate of drug-likeness (QED) is 0.624. The molecule has 0 aliphatic heterocycles. The molecule has 1 aromatic rings. The van der Waals surface area contributed by atoms with Gasteiger partial charge < -0.3 is 16.8 Å². The number of halogens is 1. The van der Waals surface area contributed by atoms with Crippen LogP contribution in [0.3, 0.4) is 0 Å². The molecular formula is C10H10ClN3O. The summed E-state index contributed by atoms with van der Waals surface area (Å²) in [5.74, 6) is 5.51. The SMILES string of the molecule is NCC#Cc1ccc(Cl)c(NC(N)=O)c1. The van der Waals surface area contributed by atoms with E-state index in [4.69, 9.17) is 23.1 Å². The fraction of sp³-hybridized carbons (Fsp3) is 0.100. The summed E-state index contributed by atoms with van der Waals surface area (Å²) in [6.45, 7) is 0.279. The fourth-order valence-electron chi connectivity index (χ4n) is 0.985. The van der Waals surface area contributed by atoms with Gasteiger partial charge in [-0.15, -0.1) is 0 Å². The third kappa shape index (κ3) is 3.50. The maximum atomic E-state index is 10.6. The monoisotopic (exact) mass is 223 g/mol. The summed E-state index contributed by atoms with van der Waals surface area (Å²) < 4.78 is 0. The lowest BCUT2D eigenvalue weighted by Crippen LogP contribution is -2.19. The number of anilines is 1. The number of hydrogen-bond acceptors (Lipinski definition) is 2. The van der Waals surface area contributed by atoms with E-state index in [0.717, 1.165) is 0 Å². The highest BCUT2D eigenvalue weighted by molar-refractivity contribution is 6.33. The Hall–Kier alpha value is -1.70. The Balaban J connectivity index is 2.99. The van der Waals surface area contributed by atoms with Gasteiger partial charge in [0.1, 0.15) is 0 Å². The van der Waals surface area contributed by atoms with E-state index in [1.54, 1.807) is 18.2 Å². The van der Waals surface area contributed by atoms with E-state index in [2.05, 4.69) is 17.2 Å². The Morgan fingerprint density at radius 3 is 2.87 bits per heavy atom. The standard InChI is InChI=1S/C10H10ClN3O/c11-8-4-3-7(2-1-5-12)6-9(8)14-10(13)15/h3-4,6H,5,12H2,(H3,13,14,15). The van der Waals surface area contributed by atoms with Gasteiger partial charge in [-0.3, -0.25) is 0 Å². The first-order valence-corrected chi connectivity index (χ1v) is 4.56. The van der Waals surface area contributed by atoms with Crippen LogP contribution in [-0.2, 0) is 0 Å². The van der Waals surface area contributed by atoms with Gasteiger partial charge in [0, 0.05) is 5.56 Å². The summed E-state index contributed by atoms with van der Waals surface area (Å²) in [7, 11) is 0. The molecule has 0 heterocycles. The number of primary amides is 1. The van der Waals surface area contributed by atoms with Crippen molar-refractivity contribution >= 4 is 23.3 Å². The van der Waals surface area contributed by atoms with Crippen LogP contribution < -0.4 is 16.8 Å². The summed E-state index contributed by atoms with van der Waals surface area (Å²) in [6.07, 6.45) is 0. The number of amides is 2. The van der Waals surface area contributed by atoms with Crippen LogP contribution in [0.5, 0.6) is 0 Å². The van der Waals surface area contributed by atoms with Crippen LogP contribution in [0.25, 0.3) is 0 Å². The molecule has 0 fully saturated rings. The van der Waals surface area contributed by atoms with Crippen LogP contribution in [-0.4, -0.2) is 12.6 Å². The maximum Gasteiger partial charge on any atom is 0.316 e. The lowest BCUT2D eigenvalue weighted by Gasteiger charge is -2.04. The second kappa shape index (κ2) is 5.25. The number of nitrogens with one attached hydrogen (secondary N) is 1. The van der Waals surface area contributed by atoms with Gasteiger partial charge in [0.05, 0.1) is 17.3 Å². The molecule has 0 radical (unpaired) electrons. The van der Waals surface area contributed by atoms with Gasteiger partial charge in [-0.1, -0.05) is 23.4 Å². The predicted molar refractivity (Wildman–Crippen MR) is 60.6 cm³/mol. The van der Waals surface area contributed by atoms with Crippen molar-refractivity contribution in [3.63, 3.8) is 0 Å². The van der Waals surface area contributed by atoms with Gasteiger partial charge in [0.25, 0.3) is 0 Å². The molecule has 0 aromatic heterocycles. The average molecular weight is 224 g/mol. The van der Waals surface area contributed by atoms with Crippen LogP contribution in [0.4, 0.5) is 10.5 Å². The third-order valence-electron chi connectivity index (χ3n) is 1.56. The summed E-state index contributed by atoms with van der Waals surface area (Å²) in [6, 6.07) is 4.33. The van der Waals surface area contributed by atoms with Gasteiger partial charge in [-0.25, -0.2) is 4.79 Å². The molecule has 0 aliphatic carbocycles. The molecule has 15 heavy (non-hydrogen) atoms. The topological polar surface area (TPSA) is 81.1 Å². The summed E-state index contributed by atoms with van der Waals surface area (Å²) >= 11 is 5.83. The van der Waals surface area contributed by atoms with E-state index in [1.807, 2.05) is 0 Å². The van der Waals surface area contributed by atoms with Crippen molar-refractivity contribution in [3.8, 4) is 11.8 Å². The molecule has 0 saturated carbocycles. The minimum Gasteiger partial charge on any atom is -0.351 e. The van der Waals surface area contributed by atoms with E-state index < -0.39 is 6.03 Å². The zero-order valence-electron chi connectivity index (χ0n) is 7.88. The van der Waals surface area contributed by atoms with Gasteiger partial charge in [0.2, 0.25) is 0 Å². The summed E-state index contributed by atoms with van der Waals surface area (Å²) in [5.41, 5.74) is 11.4. The maximum absolute atomic E-state index is 10.6. The van der Waals surface area contributed by atoms with Crippen molar-refractivity contribution in [3.05, 3.63) is 28.8 Å². The van der Waals surface area contributed by atoms with Crippen molar-refractivity contribution in [2.24, 2.45) is 11.5 Å². The van der Waals surface area contributed by atoms with Crippen molar-refractivity contribution < 1.29 is 4.79 Å². The summed E-state index contributed by atoms with van der Waals surface area (Å²) in [4.78, 5) is 10.6. The van der Waals surface area contributed by atoms with E-state index in [-0.39, 0.29) is 6.54 Å². The third-order valence-corrected chi connectivity index (χ3v) is 1.89. The highest BCUT2D eigenvalue weighted by atomic mass is 35.5. The number of rotatable bonds is 1. The zero-order chi connectivity index (χ0) is 11.3. The second-order valence-electron chi connectivity index (χ2n) is 2.69. The molecule has 1 aromatic carbocycles. The Kier molecular flexibility index (Phi) is 3.98. The molecule has 0 unspecified atom stereocenters. The molecule has 2 amide bonds.